The summed E-state index contributed by atoms with van der Waals surface area (Å²) in [4.78, 5) is 15.7. The highest BCUT2D eigenvalue weighted by atomic mass is 32.1. The predicted molar refractivity (Wildman–Crippen MR) is 55.8 cm³/mol. The van der Waals surface area contributed by atoms with Gasteiger partial charge < -0.3 is 10.0 Å². The largest absolute Gasteiger partial charge is 0.434 e. The first-order valence-corrected chi connectivity index (χ1v) is 5.70. The lowest BCUT2D eigenvalue weighted by atomic mass is 10.3. The van der Waals surface area contributed by atoms with Crippen LogP contribution >= 0.6 is 11.3 Å². The molecule has 1 heterocycles. The van der Waals surface area contributed by atoms with Gasteiger partial charge in [-0.15, -0.1) is 11.3 Å². The summed E-state index contributed by atoms with van der Waals surface area (Å²) in [6.07, 6.45) is -4.64. The Labute approximate surface area is 99.7 Å². The molecule has 0 unspecified atom stereocenters. The minimum atomic E-state index is -4.64. The van der Waals surface area contributed by atoms with Crippen molar-refractivity contribution >= 4 is 17.2 Å². The van der Waals surface area contributed by atoms with E-state index in [1.165, 1.54) is 0 Å². The van der Waals surface area contributed by atoms with Gasteiger partial charge in [-0.25, -0.2) is 4.98 Å². The number of carbonyl (C=O) groups excluding carboxylic acids is 1. The minimum Gasteiger partial charge on any atom is -0.395 e. The number of aliphatic hydroxyl groups excluding tert-OH is 1. The molecule has 0 aliphatic rings. The summed E-state index contributed by atoms with van der Waals surface area (Å²) in [5.74, 6) is -0.753. The lowest BCUT2D eigenvalue weighted by molar-refractivity contribution is -0.141. The van der Waals surface area contributed by atoms with E-state index in [1.807, 2.05) is 0 Å². The van der Waals surface area contributed by atoms with Crippen LogP contribution in [-0.4, -0.2) is 40.6 Å². The molecule has 17 heavy (non-hydrogen) atoms. The topological polar surface area (TPSA) is 53.4 Å². The average molecular weight is 268 g/mol. The lowest BCUT2D eigenvalue weighted by Gasteiger charge is -2.19. The molecule has 96 valence electrons. The quantitative estimate of drug-likeness (QED) is 0.902. The van der Waals surface area contributed by atoms with E-state index < -0.39 is 22.7 Å². The highest BCUT2D eigenvalue weighted by Crippen LogP contribution is 2.33. The van der Waals surface area contributed by atoms with Gasteiger partial charge in [-0.2, -0.15) is 13.2 Å². The molecule has 0 aliphatic heterocycles. The summed E-state index contributed by atoms with van der Waals surface area (Å²) in [5.41, 5.74) is -0.174. The lowest BCUT2D eigenvalue weighted by Crippen LogP contribution is -2.34. The monoisotopic (exact) mass is 268 g/mol. The smallest absolute Gasteiger partial charge is 0.395 e. The Balaban J connectivity index is 3.00. The maximum absolute atomic E-state index is 12.5. The molecule has 1 amide bonds. The number of aliphatic hydroxyl groups is 1. The molecular formula is C9H11F3N2O2S. The number of hydrogen-bond acceptors (Lipinski definition) is 4. The van der Waals surface area contributed by atoms with Crippen LogP contribution < -0.4 is 0 Å². The van der Waals surface area contributed by atoms with Gasteiger partial charge in [0.2, 0.25) is 0 Å². The predicted octanol–water partition coefficient (Wildman–Crippen LogP) is 1.62. The van der Waals surface area contributed by atoms with Gasteiger partial charge in [0.1, 0.15) is 4.88 Å². The summed E-state index contributed by atoms with van der Waals surface area (Å²) in [6.45, 7) is 1.57. The zero-order valence-corrected chi connectivity index (χ0v) is 9.81. The van der Waals surface area contributed by atoms with E-state index in [9.17, 15) is 18.0 Å². The summed E-state index contributed by atoms with van der Waals surface area (Å²) in [5, 5.41) is 8.72. The van der Waals surface area contributed by atoms with Crippen LogP contribution in [-0.2, 0) is 6.18 Å². The van der Waals surface area contributed by atoms with Crippen molar-refractivity contribution < 1.29 is 23.1 Å². The number of thiazole rings is 1. The van der Waals surface area contributed by atoms with E-state index in [4.69, 9.17) is 5.11 Å². The number of alkyl halides is 3. The first-order chi connectivity index (χ1) is 7.91. The van der Waals surface area contributed by atoms with Gasteiger partial charge in [0.15, 0.2) is 5.69 Å². The van der Waals surface area contributed by atoms with Crippen molar-refractivity contribution in [3.8, 4) is 0 Å². The number of aromatic nitrogens is 1. The van der Waals surface area contributed by atoms with Crippen LogP contribution in [0.1, 0.15) is 22.3 Å². The third-order valence-electron chi connectivity index (χ3n) is 2.07. The average Bonchev–Trinajstić information content (AvgIpc) is 2.73. The van der Waals surface area contributed by atoms with Gasteiger partial charge in [-0.3, -0.25) is 4.79 Å². The first kappa shape index (κ1) is 13.9. The number of nitrogens with zero attached hydrogens (tertiary/aromatic N) is 2. The molecule has 0 bridgehead atoms. The van der Waals surface area contributed by atoms with Gasteiger partial charge in [0.05, 0.1) is 12.1 Å². The standard InChI is InChI=1S/C9H11F3N2O2S/c1-2-14(3-4-15)8(16)6-7(9(10,11)12)13-5-17-6/h5,15H,2-4H2,1H3. The second kappa shape index (κ2) is 5.46. The van der Waals surface area contributed by atoms with E-state index in [0.717, 1.165) is 10.4 Å². The van der Waals surface area contributed by atoms with Crippen LogP contribution in [0.15, 0.2) is 5.51 Å². The highest BCUT2D eigenvalue weighted by Gasteiger charge is 2.39. The van der Waals surface area contributed by atoms with Crippen molar-refractivity contribution in [2.75, 3.05) is 19.7 Å². The van der Waals surface area contributed by atoms with Gasteiger partial charge in [-0.1, -0.05) is 0 Å². The van der Waals surface area contributed by atoms with Gasteiger partial charge >= 0.3 is 6.18 Å². The Hall–Kier alpha value is -1.15. The van der Waals surface area contributed by atoms with Crippen LogP contribution in [0, 0.1) is 0 Å². The maximum Gasteiger partial charge on any atom is 0.434 e. The summed E-state index contributed by atoms with van der Waals surface area (Å²) < 4.78 is 37.6. The SMILES string of the molecule is CCN(CCO)C(=O)c1scnc1C(F)(F)F. The molecular weight excluding hydrogens is 257 g/mol. The second-order valence-corrected chi connectivity index (χ2v) is 3.99. The Morgan fingerprint density at radius 1 is 1.59 bits per heavy atom. The number of halogens is 3. The second-order valence-electron chi connectivity index (χ2n) is 3.14. The zero-order chi connectivity index (χ0) is 13.1. The van der Waals surface area contributed by atoms with E-state index in [1.54, 1.807) is 6.92 Å². The van der Waals surface area contributed by atoms with Crippen molar-refractivity contribution in [1.82, 2.24) is 9.88 Å². The van der Waals surface area contributed by atoms with Gasteiger partial charge in [0.25, 0.3) is 5.91 Å². The van der Waals surface area contributed by atoms with Crippen LogP contribution in [0.5, 0.6) is 0 Å². The first-order valence-electron chi connectivity index (χ1n) is 4.82. The number of amides is 1. The zero-order valence-electron chi connectivity index (χ0n) is 8.99. The van der Waals surface area contributed by atoms with Crippen molar-refractivity contribution in [2.24, 2.45) is 0 Å². The molecule has 0 atom stereocenters. The molecule has 0 spiro atoms. The molecule has 1 rings (SSSR count). The van der Waals surface area contributed by atoms with Crippen LogP contribution in [0.3, 0.4) is 0 Å². The fourth-order valence-electron chi connectivity index (χ4n) is 1.27. The molecule has 0 radical (unpaired) electrons. The maximum atomic E-state index is 12.5. The Kier molecular flexibility index (Phi) is 4.47. The Bertz CT molecular complexity index is 392. The molecule has 0 saturated carbocycles. The van der Waals surface area contributed by atoms with Gasteiger partial charge in [0, 0.05) is 13.1 Å². The molecule has 1 aromatic heterocycles. The van der Waals surface area contributed by atoms with E-state index >= 15 is 0 Å². The Morgan fingerprint density at radius 3 is 2.71 bits per heavy atom. The van der Waals surface area contributed by atoms with E-state index in [-0.39, 0.29) is 19.7 Å². The normalized spacial score (nSPS) is 11.6. The molecule has 1 N–H and O–H groups in total. The number of rotatable bonds is 4. The van der Waals surface area contributed by atoms with Crippen LogP contribution in [0.2, 0.25) is 0 Å². The number of hydrogen-bond donors (Lipinski definition) is 1. The third-order valence-corrected chi connectivity index (χ3v) is 2.88. The molecule has 4 nitrogen and oxygen atoms in total. The number of likely N-dealkylation sites (N-methyl/N-ethyl adjacent to an activating group) is 1. The molecule has 0 aromatic carbocycles. The summed E-state index contributed by atoms with van der Waals surface area (Å²) in [6, 6.07) is 0. The van der Waals surface area contributed by atoms with Crippen LogP contribution in [0.4, 0.5) is 13.2 Å². The van der Waals surface area contributed by atoms with Crippen molar-refractivity contribution in [3.63, 3.8) is 0 Å². The van der Waals surface area contributed by atoms with Crippen molar-refractivity contribution in [2.45, 2.75) is 13.1 Å². The fourth-order valence-corrected chi connectivity index (χ4v) is 2.04. The third kappa shape index (κ3) is 3.16. The molecule has 1 aromatic rings. The number of carbonyl (C=O) groups is 1. The minimum absolute atomic E-state index is 0.00449. The molecule has 0 aliphatic carbocycles. The summed E-state index contributed by atoms with van der Waals surface area (Å²) >= 11 is 0.650. The molecule has 8 heteroatoms. The van der Waals surface area contributed by atoms with Crippen molar-refractivity contribution in [1.29, 1.82) is 0 Å². The van der Waals surface area contributed by atoms with E-state index in [0.29, 0.717) is 11.3 Å². The van der Waals surface area contributed by atoms with Crippen molar-refractivity contribution in [3.05, 3.63) is 16.1 Å². The Morgan fingerprint density at radius 2 is 2.24 bits per heavy atom. The van der Waals surface area contributed by atoms with Gasteiger partial charge in [-0.05, 0) is 6.92 Å². The summed E-state index contributed by atoms with van der Waals surface area (Å²) in [7, 11) is 0. The molecule has 0 fully saturated rings. The van der Waals surface area contributed by atoms with E-state index in [2.05, 4.69) is 4.98 Å². The van der Waals surface area contributed by atoms with Crippen LogP contribution in [0.25, 0.3) is 0 Å². The molecule has 0 saturated heterocycles. The fraction of sp³-hybridized carbons (Fsp3) is 0.556. The highest BCUT2D eigenvalue weighted by molar-refractivity contribution is 7.11.